The third-order valence-corrected chi connectivity index (χ3v) is 7.46. The minimum atomic E-state index is -0.607. The van der Waals surface area contributed by atoms with Crippen molar-refractivity contribution in [3.05, 3.63) is 47.6 Å². The number of amidine groups is 1. The van der Waals surface area contributed by atoms with Crippen LogP contribution in [0.3, 0.4) is 0 Å². The van der Waals surface area contributed by atoms with Gasteiger partial charge in [0.15, 0.2) is 0 Å². The normalized spacial score (nSPS) is 21.0. The number of thioether (sulfide) groups is 1. The molecular weight excluding hydrogens is 472 g/mol. The highest BCUT2D eigenvalue weighted by molar-refractivity contribution is 8.15. The van der Waals surface area contributed by atoms with E-state index in [2.05, 4.69) is 41.2 Å². The molecule has 1 aliphatic carbocycles. The minimum absolute atomic E-state index is 0.171. The zero-order valence-corrected chi connectivity index (χ0v) is 21.4. The van der Waals surface area contributed by atoms with Crippen LogP contribution in [0.25, 0.3) is 0 Å². The first-order chi connectivity index (χ1) is 16.4. The lowest BCUT2D eigenvalue weighted by atomic mass is 9.89. The second-order valence-corrected chi connectivity index (χ2v) is 9.83. The van der Waals surface area contributed by atoms with Gasteiger partial charge in [-0.15, -0.1) is 10.2 Å². The smallest absolute Gasteiger partial charge is 0.325 e. The van der Waals surface area contributed by atoms with Gasteiger partial charge in [0.1, 0.15) is 30.2 Å². The lowest BCUT2D eigenvalue weighted by Gasteiger charge is -2.22. The van der Waals surface area contributed by atoms with E-state index in [0.717, 1.165) is 36.8 Å². The van der Waals surface area contributed by atoms with Gasteiger partial charge in [0.2, 0.25) is 5.17 Å². The van der Waals surface area contributed by atoms with Crippen LogP contribution in [0.2, 0.25) is 0 Å². The van der Waals surface area contributed by atoms with Crippen molar-refractivity contribution in [2.75, 3.05) is 24.6 Å². The van der Waals surface area contributed by atoms with Crippen molar-refractivity contribution >= 4 is 52.2 Å². The Bertz CT molecular complexity index is 990. The Kier molecular flexibility index (Phi) is 9.89. The summed E-state index contributed by atoms with van der Waals surface area (Å²) >= 11 is 7.17. The molecule has 1 aromatic carbocycles. The van der Waals surface area contributed by atoms with E-state index in [1.165, 1.54) is 17.3 Å². The van der Waals surface area contributed by atoms with Crippen LogP contribution in [0, 0.1) is 5.92 Å². The number of ether oxygens (including phenoxy) is 1. The molecule has 0 saturated heterocycles. The fourth-order valence-electron chi connectivity index (χ4n) is 3.66. The van der Waals surface area contributed by atoms with E-state index in [1.807, 2.05) is 36.1 Å². The maximum atomic E-state index is 12.5. The van der Waals surface area contributed by atoms with Crippen LogP contribution in [-0.2, 0) is 14.3 Å². The maximum Gasteiger partial charge on any atom is 0.325 e. The summed E-state index contributed by atoms with van der Waals surface area (Å²) in [7, 11) is 0. The molecule has 1 aromatic rings. The summed E-state index contributed by atoms with van der Waals surface area (Å²) in [6.45, 7) is 7.57. The van der Waals surface area contributed by atoms with E-state index in [0.29, 0.717) is 29.9 Å². The SMILES string of the molecule is CCC(C)C1=CC(COC(=O)CN(CC)c2ccc(N=NC3=NC(Cl)C(C=O)S3)cc2)=CCC1. The largest absolute Gasteiger partial charge is 0.460 e. The van der Waals surface area contributed by atoms with Crippen LogP contribution in [-0.4, -0.2) is 47.9 Å². The van der Waals surface area contributed by atoms with Gasteiger partial charge in [-0.2, -0.15) is 0 Å². The fraction of sp³-hybridized carbons (Fsp3) is 0.480. The predicted octanol–water partition coefficient (Wildman–Crippen LogP) is 6.07. The highest BCUT2D eigenvalue weighted by Gasteiger charge is 2.28. The molecule has 7 nitrogen and oxygen atoms in total. The summed E-state index contributed by atoms with van der Waals surface area (Å²) in [6, 6.07) is 7.41. The van der Waals surface area contributed by atoms with Gasteiger partial charge in [-0.3, -0.25) is 4.79 Å². The Morgan fingerprint density at radius 2 is 2.09 bits per heavy atom. The van der Waals surface area contributed by atoms with Gasteiger partial charge in [-0.05, 0) is 61.9 Å². The number of benzene rings is 1. The average Bonchev–Trinajstić information content (AvgIpc) is 3.24. The third kappa shape index (κ3) is 7.27. The van der Waals surface area contributed by atoms with E-state index in [4.69, 9.17) is 16.3 Å². The number of hydrogen-bond acceptors (Lipinski definition) is 8. The fourth-order valence-corrected chi connectivity index (χ4v) is 4.75. The molecule has 3 atom stereocenters. The third-order valence-electron chi connectivity index (χ3n) is 5.90. The van der Waals surface area contributed by atoms with Crippen LogP contribution in [0.1, 0.15) is 40.0 Å². The maximum absolute atomic E-state index is 12.5. The molecule has 0 N–H and O–H groups in total. The number of halogens is 1. The van der Waals surface area contributed by atoms with Crippen LogP contribution in [0.15, 0.2) is 62.8 Å². The van der Waals surface area contributed by atoms with Gasteiger partial charge in [0, 0.05) is 12.2 Å². The number of aldehydes is 1. The van der Waals surface area contributed by atoms with Gasteiger partial charge in [0.25, 0.3) is 0 Å². The number of esters is 1. The molecule has 0 amide bonds. The van der Waals surface area contributed by atoms with Crippen molar-refractivity contribution in [3.63, 3.8) is 0 Å². The van der Waals surface area contributed by atoms with Gasteiger partial charge < -0.3 is 14.4 Å². The standard InChI is InChI=1S/C25H31ClN4O3S/c1-4-17(3)19-8-6-7-18(13-19)16-33-23(32)14-30(5-2)21-11-9-20(10-12-21)28-29-25-27-24(26)22(15-31)34-25/h7,9-13,15,17,22,24H,4-6,8,14,16H2,1-3H3. The summed E-state index contributed by atoms with van der Waals surface area (Å²) in [6.07, 6.45) is 8.33. The number of allylic oxidation sites excluding steroid dienone is 2. The number of carbonyl (C=O) groups excluding carboxylic acids is 2. The van der Waals surface area contributed by atoms with Crippen molar-refractivity contribution in [1.29, 1.82) is 0 Å². The van der Waals surface area contributed by atoms with Crippen molar-refractivity contribution in [2.45, 2.75) is 50.8 Å². The zero-order chi connectivity index (χ0) is 24.5. The van der Waals surface area contributed by atoms with Gasteiger partial charge in [-0.25, -0.2) is 4.99 Å². The highest BCUT2D eigenvalue weighted by Crippen LogP contribution is 2.30. The van der Waals surface area contributed by atoms with Crippen molar-refractivity contribution in [3.8, 4) is 0 Å². The highest BCUT2D eigenvalue weighted by atomic mass is 35.5. The summed E-state index contributed by atoms with van der Waals surface area (Å²) in [4.78, 5) is 29.5. The van der Waals surface area contributed by atoms with E-state index in [1.54, 1.807) is 0 Å². The monoisotopic (exact) mass is 502 g/mol. The van der Waals surface area contributed by atoms with Gasteiger partial charge in [0.05, 0.1) is 5.69 Å². The van der Waals surface area contributed by atoms with E-state index in [-0.39, 0.29) is 12.5 Å². The zero-order valence-electron chi connectivity index (χ0n) is 19.8. The number of nitrogens with zero attached hydrogens (tertiary/aromatic N) is 4. The predicted molar refractivity (Wildman–Crippen MR) is 139 cm³/mol. The molecular formula is C25H31ClN4O3S. The molecule has 34 heavy (non-hydrogen) atoms. The molecule has 0 aromatic heterocycles. The number of hydrogen-bond donors (Lipinski definition) is 0. The van der Waals surface area contributed by atoms with E-state index < -0.39 is 10.8 Å². The number of carbonyl (C=O) groups is 2. The second kappa shape index (κ2) is 12.9. The van der Waals surface area contributed by atoms with Gasteiger partial charge in [-0.1, -0.05) is 54.9 Å². The Hall–Kier alpha value is -2.45. The summed E-state index contributed by atoms with van der Waals surface area (Å²) in [5.41, 5.74) is 3.44. The molecule has 0 spiro atoms. The first-order valence-corrected chi connectivity index (χ1v) is 12.9. The Morgan fingerprint density at radius 1 is 1.32 bits per heavy atom. The van der Waals surface area contributed by atoms with Crippen molar-refractivity contribution in [2.24, 2.45) is 21.1 Å². The summed E-state index contributed by atoms with van der Waals surface area (Å²) in [5, 5.41) is 8.19. The van der Waals surface area contributed by atoms with Crippen LogP contribution >= 0.6 is 23.4 Å². The summed E-state index contributed by atoms with van der Waals surface area (Å²) < 4.78 is 5.56. The molecule has 0 radical (unpaired) electrons. The number of aliphatic imine (C=N–C) groups is 1. The number of azo groups is 1. The average molecular weight is 503 g/mol. The number of alkyl halides is 1. The minimum Gasteiger partial charge on any atom is -0.460 e. The van der Waals surface area contributed by atoms with Crippen LogP contribution in [0.5, 0.6) is 0 Å². The number of anilines is 1. The molecule has 2 aliphatic rings. The van der Waals surface area contributed by atoms with Gasteiger partial charge >= 0.3 is 5.97 Å². The van der Waals surface area contributed by atoms with E-state index in [9.17, 15) is 9.59 Å². The van der Waals surface area contributed by atoms with Crippen molar-refractivity contribution in [1.82, 2.24) is 0 Å². The number of rotatable bonds is 10. The molecule has 0 saturated carbocycles. The topological polar surface area (TPSA) is 83.7 Å². The first kappa shape index (κ1) is 26.2. The molecule has 1 heterocycles. The van der Waals surface area contributed by atoms with Crippen LogP contribution < -0.4 is 4.90 Å². The Morgan fingerprint density at radius 3 is 2.74 bits per heavy atom. The van der Waals surface area contributed by atoms with Crippen LogP contribution in [0.4, 0.5) is 11.4 Å². The lowest BCUT2D eigenvalue weighted by molar-refractivity contribution is -0.140. The Balaban J connectivity index is 1.52. The molecule has 3 rings (SSSR count). The molecule has 0 bridgehead atoms. The van der Waals surface area contributed by atoms with E-state index >= 15 is 0 Å². The quantitative estimate of drug-likeness (QED) is 0.127. The molecule has 0 fully saturated rings. The Labute approximate surface area is 210 Å². The lowest BCUT2D eigenvalue weighted by Crippen LogP contribution is -2.31. The molecule has 9 heteroatoms. The molecule has 1 aliphatic heterocycles. The molecule has 3 unspecified atom stereocenters. The first-order valence-electron chi connectivity index (χ1n) is 11.6. The second-order valence-electron chi connectivity index (χ2n) is 8.24. The summed E-state index contributed by atoms with van der Waals surface area (Å²) in [5.74, 6) is 0.306. The molecule has 182 valence electrons. The van der Waals surface area contributed by atoms with Crippen molar-refractivity contribution < 1.29 is 14.3 Å². The number of likely N-dealkylation sites (N-methyl/N-ethyl adjacent to an activating group) is 1.